The number of anilines is 1. The third-order valence-corrected chi connectivity index (χ3v) is 4.40. The molecule has 25 heavy (non-hydrogen) atoms. The number of aromatic hydroxyl groups is 1. The van der Waals surface area contributed by atoms with Gasteiger partial charge in [-0.2, -0.15) is 13.2 Å². The summed E-state index contributed by atoms with van der Waals surface area (Å²) in [4.78, 5) is 5.96. The van der Waals surface area contributed by atoms with Gasteiger partial charge in [0, 0.05) is 31.9 Å². The molecule has 2 heterocycles. The van der Waals surface area contributed by atoms with Gasteiger partial charge in [0.25, 0.3) is 0 Å². The minimum atomic E-state index is -4.35. The number of nitrogens with zero attached hydrogens (tertiary/aromatic N) is 2. The molecule has 2 aromatic rings. The summed E-state index contributed by atoms with van der Waals surface area (Å²) in [5, 5.41) is 12.9. The highest BCUT2D eigenvalue weighted by Crippen LogP contribution is 2.29. The molecule has 0 spiro atoms. The van der Waals surface area contributed by atoms with Crippen molar-refractivity contribution < 1.29 is 18.3 Å². The van der Waals surface area contributed by atoms with Crippen molar-refractivity contribution >= 4 is 5.82 Å². The average Bonchev–Trinajstić information content (AvgIpc) is 2.60. The standard InChI is InChI=1S/C18H20F3N3O/c19-18(20,21)14-4-5-17(23-12-14)24-8-6-15(7-9-24)22-11-13-2-1-3-16(25)10-13/h1-5,10,12,15,22,25H,6-9,11H2. The number of alkyl halides is 3. The summed E-state index contributed by atoms with van der Waals surface area (Å²) < 4.78 is 37.8. The van der Waals surface area contributed by atoms with Crippen LogP contribution < -0.4 is 10.2 Å². The summed E-state index contributed by atoms with van der Waals surface area (Å²) >= 11 is 0. The normalized spacial score (nSPS) is 16.2. The molecule has 7 heteroatoms. The zero-order valence-corrected chi connectivity index (χ0v) is 13.6. The number of hydrogen-bond acceptors (Lipinski definition) is 4. The zero-order chi connectivity index (χ0) is 17.9. The first kappa shape index (κ1) is 17.5. The minimum Gasteiger partial charge on any atom is -0.508 e. The predicted molar refractivity (Wildman–Crippen MR) is 89.4 cm³/mol. The van der Waals surface area contributed by atoms with E-state index in [0.29, 0.717) is 18.4 Å². The maximum atomic E-state index is 12.6. The van der Waals surface area contributed by atoms with Crippen LogP contribution in [0.2, 0.25) is 0 Å². The molecule has 2 N–H and O–H groups in total. The number of halogens is 3. The van der Waals surface area contributed by atoms with Crippen LogP contribution in [0.3, 0.4) is 0 Å². The van der Waals surface area contributed by atoms with Crippen LogP contribution in [0.4, 0.5) is 19.0 Å². The Hall–Kier alpha value is -2.28. The van der Waals surface area contributed by atoms with Gasteiger partial charge in [-0.25, -0.2) is 4.98 Å². The van der Waals surface area contributed by atoms with Crippen LogP contribution in [0, 0.1) is 0 Å². The van der Waals surface area contributed by atoms with E-state index in [-0.39, 0.29) is 5.75 Å². The lowest BCUT2D eigenvalue weighted by atomic mass is 10.0. The van der Waals surface area contributed by atoms with E-state index in [1.54, 1.807) is 12.1 Å². The predicted octanol–water partition coefficient (Wildman–Crippen LogP) is 3.56. The second-order valence-corrected chi connectivity index (χ2v) is 6.21. The van der Waals surface area contributed by atoms with Gasteiger partial charge in [-0.1, -0.05) is 12.1 Å². The van der Waals surface area contributed by atoms with Crippen LogP contribution in [-0.2, 0) is 12.7 Å². The summed E-state index contributed by atoms with van der Waals surface area (Å²) in [6, 6.07) is 9.98. The summed E-state index contributed by atoms with van der Waals surface area (Å²) in [7, 11) is 0. The van der Waals surface area contributed by atoms with E-state index in [1.807, 2.05) is 17.0 Å². The van der Waals surface area contributed by atoms with E-state index in [4.69, 9.17) is 0 Å². The molecule has 0 bridgehead atoms. The Morgan fingerprint density at radius 3 is 2.52 bits per heavy atom. The fraction of sp³-hybridized carbons (Fsp3) is 0.389. The molecule has 0 saturated carbocycles. The van der Waals surface area contributed by atoms with Crippen LogP contribution in [0.15, 0.2) is 42.6 Å². The second-order valence-electron chi connectivity index (χ2n) is 6.21. The molecule has 4 nitrogen and oxygen atoms in total. The van der Waals surface area contributed by atoms with Crippen molar-refractivity contribution in [2.45, 2.75) is 31.6 Å². The molecule has 0 atom stereocenters. The van der Waals surface area contributed by atoms with Crippen LogP contribution in [-0.4, -0.2) is 29.2 Å². The van der Waals surface area contributed by atoms with Gasteiger partial charge in [-0.05, 0) is 42.7 Å². The SMILES string of the molecule is Oc1cccc(CNC2CCN(c3ccc(C(F)(F)F)cn3)CC2)c1. The topological polar surface area (TPSA) is 48.4 Å². The van der Waals surface area contributed by atoms with Gasteiger partial charge in [0.15, 0.2) is 0 Å². The molecule has 1 aliphatic heterocycles. The van der Waals surface area contributed by atoms with Crippen LogP contribution in [0.5, 0.6) is 5.75 Å². The lowest BCUT2D eigenvalue weighted by molar-refractivity contribution is -0.137. The van der Waals surface area contributed by atoms with Crippen molar-refractivity contribution in [3.05, 3.63) is 53.7 Å². The highest BCUT2D eigenvalue weighted by molar-refractivity contribution is 5.40. The minimum absolute atomic E-state index is 0.252. The summed E-state index contributed by atoms with van der Waals surface area (Å²) in [6.45, 7) is 2.17. The molecule has 0 aliphatic carbocycles. The summed E-state index contributed by atoms with van der Waals surface area (Å²) in [5.74, 6) is 0.835. The molecule has 1 aromatic heterocycles. The highest BCUT2D eigenvalue weighted by atomic mass is 19.4. The largest absolute Gasteiger partial charge is 0.508 e. The molecule has 0 amide bonds. The molecule has 0 radical (unpaired) electrons. The van der Waals surface area contributed by atoms with E-state index < -0.39 is 11.7 Å². The van der Waals surface area contributed by atoms with E-state index in [2.05, 4.69) is 10.3 Å². The number of benzene rings is 1. The number of nitrogens with one attached hydrogen (secondary N) is 1. The van der Waals surface area contributed by atoms with Gasteiger partial charge in [-0.15, -0.1) is 0 Å². The molecule has 1 aliphatic rings. The molecule has 1 saturated heterocycles. The molecular formula is C18H20F3N3O. The Kier molecular flexibility index (Phi) is 5.13. The van der Waals surface area contributed by atoms with Crippen LogP contribution >= 0.6 is 0 Å². The van der Waals surface area contributed by atoms with Crippen molar-refractivity contribution in [2.75, 3.05) is 18.0 Å². The maximum Gasteiger partial charge on any atom is 0.417 e. The van der Waals surface area contributed by atoms with Gasteiger partial charge in [0.05, 0.1) is 5.56 Å². The lowest BCUT2D eigenvalue weighted by Gasteiger charge is -2.33. The molecule has 3 rings (SSSR count). The van der Waals surface area contributed by atoms with E-state index in [1.165, 1.54) is 6.07 Å². The number of hydrogen-bond donors (Lipinski definition) is 2. The quantitative estimate of drug-likeness (QED) is 0.884. The van der Waals surface area contributed by atoms with Crippen molar-refractivity contribution in [1.82, 2.24) is 10.3 Å². The third-order valence-electron chi connectivity index (χ3n) is 4.40. The first-order chi connectivity index (χ1) is 11.9. The first-order valence-corrected chi connectivity index (χ1v) is 8.21. The van der Waals surface area contributed by atoms with Gasteiger partial charge in [0.2, 0.25) is 0 Å². The lowest BCUT2D eigenvalue weighted by Crippen LogP contribution is -2.42. The Labute approximate surface area is 144 Å². The van der Waals surface area contributed by atoms with Gasteiger partial charge in [-0.3, -0.25) is 0 Å². The monoisotopic (exact) mass is 351 g/mol. The van der Waals surface area contributed by atoms with Gasteiger partial charge < -0.3 is 15.3 Å². The second kappa shape index (κ2) is 7.31. The number of phenolic OH excluding ortho intramolecular Hbond substituents is 1. The van der Waals surface area contributed by atoms with Gasteiger partial charge >= 0.3 is 6.18 Å². The number of rotatable bonds is 4. The highest BCUT2D eigenvalue weighted by Gasteiger charge is 2.31. The number of aromatic nitrogens is 1. The van der Waals surface area contributed by atoms with Crippen molar-refractivity contribution in [3.63, 3.8) is 0 Å². The van der Waals surface area contributed by atoms with Gasteiger partial charge in [0.1, 0.15) is 11.6 Å². The number of piperidine rings is 1. The number of pyridine rings is 1. The van der Waals surface area contributed by atoms with Crippen LogP contribution in [0.1, 0.15) is 24.0 Å². The van der Waals surface area contributed by atoms with Crippen molar-refractivity contribution in [2.24, 2.45) is 0 Å². The maximum absolute atomic E-state index is 12.6. The Bertz CT molecular complexity index is 695. The Balaban J connectivity index is 1.50. The van der Waals surface area contributed by atoms with E-state index >= 15 is 0 Å². The number of phenols is 1. The van der Waals surface area contributed by atoms with Crippen LogP contribution in [0.25, 0.3) is 0 Å². The first-order valence-electron chi connectivity index (χ1n) is 8.21. The zero-order valence-electron chi connectivity index (χ0n) is 13.6. The van der Waals surface area contributed by atoms with E-state index in [0.717, 1.165) is 43.8 Å². The molecular weight excluding hydrogens is 331 g/mol. The summed E-state index contributed by atoms with van der Waals surface area (Å²) in [5.41, 5.74) is 0.297. The average molecular weight is 351 g/mol. The molecule has 0 unspecified atom stereocenters. The Morgan fingerprint density at radius 2 is 1.92 bits per heavy atom. The molecule has 1 aromatic carbocycles. The fourth-order valence-electron chi connectivity index (χ4n) is 2.98. The Morgan fingerprint density at radius 1 is 1.16 bits per heavy atom. The fourth-order valence-corrected chi connectivity index (χ4v) is 2.98. The summed E-state index contributed by atoms with van der Waals surface area (Å²) in [6.07, 6.45) is -1.68. The molecule has 1 fully saturated rings. The third kappa shape index (κ3) is 4.63. The smallest absolute Gasteiger partial charge is 0.417 e. The van der Waals surface area contributed by atoms with E-state index in [9.17, 15) is 18.3 Å². The van der Waals surface area contributed by atoms with Crippen molar-refractivity contribution in [3.8, 4) is 5.75 Å². The van der Waals surface area contributed by atoms with Crippen molar-refractivity contribution in [1.29, 1.82) is 0 Å². The molecule has 134 valence electrons.